The summed E-state index contributed by atoms with van der Waals surface area (Å²) in [5, 5.41) is 0. The second-order valence-electron chi connectivity index (χ2n) is 10.3. The van der Waals surface area contributed by atoms with Crippen molar-refractivity contribution < 1.29 is 4.39 Å². The van der Waals surface area contributed by atoms with E-state index in [4.69, 9.17) is 4.99 Å². The number of hydrogen-bond acceptors (Lipinski definition) is 3. The van der Waals surface area contributed by atoms with E-state index in [9.17, 15) is 9.18 Å². The van der Waals surface area contributed by atoms with E-state index < -0.39 is 0 Å². The molecular weight excluding hydrogens is 632 g/mol. The summed E-state index contributed by atoms with van der Waals surface area (Å²) in [5.41, 5.74) is 9.56. The van der Waals surface area contributed by atoms with Gasteiger partial charge in [0.25, 0.3) is 5.56 Å². The fraction of sp³-hybridized carbons (Fsp3) is 0.152. The summed E-state index contributed by atoms with van der Waals surface area (Å²) < 4.78 is 19.8. The molecule has 2 aromatic heterocycles. The zero-order valence-corrected chi connectivity index (χ0v) is 25.0. The quantitative estimate of drug-likeness (QED) is 0.205. The number of hydrogen-bond donors (Lipinski definition) is 0. The molecule has 5 aromatic rings. The number of aromatic nitrogens is 2. The third-order valence-electron chi connectivity index (χ3n) is 7.90. The van der Waals surface area contributed by atoms with E-state index >= 15 is 0 Å². The third kappa shape index (κ3) is 4.14. The zero-order chi connectivity index (χ0) is 27.5. The molecule has 3 heterocycles. The van der Waals surface area contributed by atoms with Crippen LogP contribution in [0.15, 0.2) is 94.2 Å². The van der Waals surface area contributed by atoms with Gasteiger partial charge in [0, 0.05) is 26.2 Å². The predicted octanol–water partition coefficient (Wildman–Crippen LogP) is 6.47. The van der Waals surface area contributed by atoms with Crippen LogP contribution in [-0.2, 0) is 6.42 Å². The molecule has 0 amide bonds. The van der Waals surface area contributed by atoms with Gasteiger partial charge in [-0.2, -0.15) is 0 Å². The maximum atomic E-state index is 14.1. The van der Waals surface area contributed by atoms with E-state index in [2.05, 4.69) is 89.5 Å². The van der Waals surface area contributed by atoms with Gasteiger partial charge < -0.3 is 4.57 Å². The Labute approximate surface area is 248 Å². The lowest BCUT2D eigenvalue weighted by Gasteiger charge is -2.30. The average Bonchev–Trinajstić information content (AvgIpc) is 3.42. The van der Waals surface area contributed by atoms with Crippen LogP contribution in [0.25, 0.3) is 17.5 Å². The van der Waals surface area contributed by atoms with Gasteiger partial charge in [0.2, 0.25) is 0 Å². The molecular formula is C33H25FIN3OS. The van der Waals surface area contributed by atoms with Gasteiger partial charge in [0.15, 0.2) is 4.80 Å². The van der Waals surface area contributed by atoms with Crippen molar-refractivity contribution in [2.24, 2.45) is 4.99 Å². The summed E-state index contributed by atoms with van der Waals surface area (Å²) >= 11 is 3.73. The molecule has 0 unspecified atom stereocenters. The molecule has 0 saturated heterocycles. The van der Waals surface area contributed by atoms with Crippen molar-refractivity contribution >= 4 is 45.7 Å². The van der Waals surface area contributed by atoms with Crippen LogP contribution in [0.1, 0.15) is 46.1 Å². The van der Waals surface area contributed by atoms with Crippen molar-refractivity contribution in [3.05, 3.63) is 147 Å². The summed E-state index contributed by atoms with van der Waals surface area (Å²) in [4.78, 5) is 19.8. The second-order valence-corrected chi connectivity index (χ2v) is 12.6. The van der Waals surface area contributed by atoms with Crippen molar-refractivity contribution in [1.29, 1.82) is 0 Å². The molecule has 0 bridgehead atoms. The highest BCUT2D eigenvalue weighted by atomic mass is 127. The van der Waals surface area contributed by atoms with Gasteiger partial charge in [-0.05, 0) is 120 Å². The number of allylic oxidation sites excluding steroid dienone is 1. The lowest BCUT2D eigenvalue weighted by molar-refractivity contribution is 0.581. The van der Waals surface area contributed by atoms with E-state index in [-0.39, 0.29) is 17.4 Å². The molecule has 7 heteroatoms. The molecule has 1 aliphatic carbocycles. The minimum Gasteiger partial charge on any atom is -0.318 e. The van der Waals surface area contributed by atoms with Crippen LogP contribution in [0.3, 0.4) is 0 Å². The van der Waals surface area contributed by atoms with Crippen molar-refractivity contribution in [3.63, 3.8) is 0 Å². The molecule has 4 nitrogen and oxygen atoms in total. The van der Waals surface area contributed by atoms with Gasteiger partial charge in [-0.15, -0.1) is 0 Å². The van der Waals surface area contributed by atoms with Crippen molar-refractivity contribution in [1.82, 2.24) is 9.13 Å². The molecule has 198 valence electrons. The number of benzene rings is 3. The van der Waals surface area contributed by atoms with Crippen LogP contribution in [0.4, 0.5) is 4.39 Å². The normalized spacial score (nSPS) is 16.4. The fourth-order valence-electron chi connectivity index (χ4n) is 6.03. The van der Waals surface area contributed by atoms with Gasteiger partial charge in [0.1, 0.15) is 5.82 Å². The zero-order valence-electron chi connectivity index (χ0n) is 22.0. The SMILES string of the molecule is Cc1cc(/C=c2/sc3n(c2=O)[C@H](c2ccc(F)cc2)C2=C(N=3)c3ccccc3CC2)c(C)n1-c1ccc(I)cc1. The summed E-state index contributed by atoms with van der Waals surface area (Å²) in [6.45, 7) is 4.18. The van der Waals surface area contributed by atoms with Gasteiger partial charge >= 0.3 is 0 Å². The Bertz CT molecular complexity index is 2010. The Morgan fingerprint density at radius 3 is 2.52 bits per heavy atom. The van der Waals surface area contributed by atoms with Crippen LogP contribution in [0.2, 0.25) is 0 Å². The Morgan fingerprint density at radius 2 is 1.75 bits per heavy atom. The van der Waals surface area contributed by atoms with Crippen LogP contribution >= 0.6 is 33.9 Å². The van der Waals surface area contributed by atoms with Crippen LogP contribution in [0.5, 0.6) is 0 Å². The molecule has 1 aliphatic heterocycles. The highest BCUT2D eigenvalue weighted by molar-refractivity contribution is 14.1. The topological polar surface area (TPSA) is 39.3 Å². The van der Waals surface area contributed by atoms with Gasteiger partial charge in [-0.3, -0.25) is 9.36 Å². The first kappa shape index (κ1) is 25.4. The minimum atomic E-state index is -0.318. The Hall–Kier alpha value is -3.56. The van der Waals surface area contributed by atoms with Crippen molar-refractivity contribution in [2.45, 2.75) is 32.7 Å². The number of nitrogens with zero attached hydrogens (tertiary/aromatic N) is 3. The third-order valence-corrected chi connectivity index (χ3v) is 9.60. The average molecular weight is 658 g/mol. The van der Waals surface area contributed by atoms with E-state index in [0.717, 1.165) is 57.9 Å². The number of fused-ring (bicyclic) bond motifs is 3. The molecule has 0 saturated carbocycles. The summed E-state index contributed by atoms with van der Waals surface area (Å²) in [5.74, 6) is -0.289. The van der Waals surface area contributed by atoms with E-state index in [1.807, 2.05) is 16.7 Å². The van der Waals surface area contributed by atoms with Gasteiger partial charge in [-0.1, -0.05) is 47.7 Å². The van der Waals surface area contributed by atoms with Crippen LogP contribution < -0.4 is 14.9 Å². The van der Waals surface area contributed by atoms with Crippen molar-refractivity contribution in [2.75, 3.05) is 0 Å². The summed E-state index contributed by atoms with van der Waals surface area (Å²) in [6.07, 6.45) is 3.68. The van der Waals surface area contributed by atoms with E-state index in [0.29, 0.717) is 9.33 Å². The van der Waals surface area contributed by atoms with Crippen LogP contribution in [-0.4, -0.2) is 9.13 Å². The Kier molecular flexibility index (Phi) is 6.24. The largest absolute Gasteiger partial charge is 0.318 e. The van der Waals surface area contributed by atoms with E-state index in [1.165, 1.54) is 32.6 Å². The highest BCUT2D eigenvalue weighted by Gasteiger charge is 2.32. The molecule has 3 aromatic carbocycles. The molecule has 0 fully saturated rings. The fourth-order valence-corrected chi connectivity index (χ4v) is 7.38. The smallest absolute Gasteiger partial charge is 0.271 e. The number of aryl methyl sites for hydroxylation is 2. The standard InChI is InChI=1S/C33H25FIN3OS/c1-19-17-23(20(2)37(19)26-14-12-25(35)13-15-26)18-29-32(39)38-31(22-7-10-24(34)11-8-22)28-16-9-21-5-3-4-6-27(21)30(28)36-33(38)40-29/h3-8,10-15,17-18,31H,9,16H2,1-2H3/b29-18+/t31-/m1/s1. The Morgan fingerprint density at radius 1 is 1.00 bits per heavy atom. The second kappa shape index (κ2) is 9.82. The van der Waals surface area contributed by atoms with E-state index in [1.54, 1.807) is 12.1 Å². The summed E-state index contributed by atoms with van der Waals surface area (Å²) in [7, 11) is 0. The van der Waals surface area contributed by atoms with Gasteiger partial charge in [-0.25, -0.2) is 9.38 Å². The molecule has 2 aliphatic rings. The first-order valence-corrected chi connectivity index (χ1v) is 15.1. The molecule has 1 atom stereocenters. The number of thiazole rings is 1. The highest BCUT2D eigenvalue weighted by Crippen LogP contribution is 2.41. The van der Waals surface area contributed by atoms with Crippen molar-refractivity contribution in [3.8, 4) is 5.69 Å². The molecule has 7 rings (SSSR count). The van der Waals surface area contributed by atoms with Gasteiger partial charge in [0.05, 0.1) is 16.3 Å². The molecule has 0 spiro atoms. The Balaban J connectivity index is 1.43. The number of halogens is 2. The minimum absolute atomic E-state index is 0.0671. The first-order chi connectivity index (χ1) is 19.4. The first-order valence-electron chi connectivity index (χ1n) is 13.2. The molecule has 0 N–H and O–H groups in total. The monoisotopic (exact) mass is 657 g/mol. The lowest BCUT2D eigenvalue weighted by Crippen LogP contribution is -2.38. The lowest BCUT2D eigenvalue weighted by atomic mass is 9.83. The summed E-state index contributed by atoms with van der Waals surface area (Å²) in [6, 6.07) is 25.1. The number of rotatable bonds is 3. The maximum absolute atomic E-state index is 14.1. The van der Waals surface area contributed by atoms with Crippen LogP contribution in [0, 0.1) is 23.2 Å². The predicted molar refractivity (Wildman–Crippen MR) is 167 cm³/mol. The maximum Gasteiger partial charge on any atom is 0.271 e. The molecule has 0 radical (unpaired) electrons. The molecule has 40 heavy (non-hydrogen) atoms.